The summed E-state index contributed by atoms with van der Waals surface area (Å²) in [7, 11) is 0. The Morgan fingerprint density at radius 3 is 2.15 bits per heavy atom. The second kappa shape index (κ2) is 9.78. The van der Waals surface area contributed by atoms with Crippen molar-refractivity contribution in [3.8, 4) is 0 Å². The molecule has 1 amide bonds. The number of hydrogen-bond acceptors (Lipinski definition) is 3. The fraction of sp³-hybridized carbons (Fsp3) is 0.875. The van der Waals surface area contributed by atoms with E-state index in [1.807, 2.05) is 20.8 Å². The summed E-state index contributed by atoms with van der Waals surface area (Å²) < 4.78 is 5.22. The highest BCUT2D eigenvalue weighted by molar-refractivity contribution is 5.84. The molecule has 0 radical (unpaired) electrons. The molecule has 0 fully saturated rings. The highest BCUT2D eigenvalue weighted by Crippen LogP contribution is 2.09. The molecule has 118 valence electrons. The van der Waals surface area contributed by atoms with Crippen molar-refractivity contribution in [3.63, 3.8) is 0 Å². The van der Waals surface area contributed by atoms with E-state index in [1.54, 1.807) is 6.92 Å². The second-order valence-electron chi connectivity index (χ2n) is 6.34. The molecule has 4 heteroatoms. The largest absolute Gasteiger partial charge is 0.458 e. The number of nitrogens with one attached hydrogen (secondary N) is 1. The van der Waals surface area contributed by atoms with Gasteiger partial charge < -0.3 is 10.1 Å². The number of unbranched alkanes of at least 4 members (excludes halogenated alkanes) is 5. The second-order valence-corrected chi connectivity index (χ2v) is 6.34. The van der Waals surface area contributed by atoms with Crippen LogP contribution in [0.3, 0.4) is 0 Å². The van der Waals surface area contributed by atoms with Gasteiger partial charge in [-0.05, 0) is 34.1 Å². The minimum atomic E-state index is -0.582. The van der Waals surface area contributed by atoms with Crippen molar-refractivity contribution in [2.24, 2.45) is 0 Å². The molecule has 0 bridgehead atoms. The van der Waals surface area contributed by atoms with E-state index in [1.165, 1.54) is 25.7 Å². The first-order chi connectivity index (χ1) is 9.26. The van der Waals surface area contributed by atoms with Crippen molar-refractivity contribution in [1.29, 1.82) is 0 Å². The molecule has 0 saturated carbocycles. The van der Waals surface area contributed by atoms with E-state index in [2.05, 4.69) is 12.2 Å². The third-order valence-corrected chi connectivity index (χ3v) is 2.90. The summed E-state index contributed by atoms with van der Waals surface area (Å²) in [5.41, 5.74) is -0.519. The molecule has 0 unspecified atom stereocenters. The Morgan fingerprint density at radius 2 is 1.60 bits per heavy atom. The van der Waals surface area contributed by atoms with Crippen LogP contribution in [-0.4, -0.2) is 23.5 Å². The van der Waals surface area contributed by atoms with Crippen LogP contribution < -0.4 is 5.32 Å². The first-order valence-corrected chi connectivity index (χ1v) is 7.78. The lowest BCUT2D eigenvalue weighted by Gasteiger charge is -2.22. The number of rotatable bonds is 9. The molecule has 0 rings (SSSR count). The number of ether oxygens (including phenoxy) is 1. The smallest absolute Gasteiger partial charge is 0.328 e. The summed E-state index contributed by atoms with van der Waals surface area (Å²) in [5, 5.41) is 2.69. The van der Waals surface area contributed by atoms with Gasteiger partial charge in [0, 0.05) is 6.42 Å². The molecule has 0 aromatic carbocycles. The van der Waals surface area contributed by atoms with Gasteiger partial charge in [0.25, 0.3) is 0 Å². The van der Waals surface area contributed by atoms with E-state index in [4.69, 9.17) is 4.74 Å². The quantitative estimate of drug-likeness (QED) is 0.520. The van der Waals surface area contributed by atoms with Crippen LogP contribution in [0.25, 0.3) is 0 Å². The molecule has 0 heterocycles. The zero-order valence-corrected chi connectivity index (χ0v) is 13.8. The number of hydrogen-bond donors (Lipinski definition) is 1. The summed E-state index contributed by atoms with van der Waals surface area (Å²) in [4.78, 5) is 23.4. The van der Waals surface area contributed by atoms with Gasteiger partial charge in [0.15, 0.2) is 0 Å². The van der Waals surface area contributed by atoms with Crippen LogP contribution in [0.1, 0.15) is 79.6 Å². The number of carbonyl (C=O) groups is 2. The Balaban J connectivity index is 3.77. The van der Waals surface area contributed by atoms with Crippen molar-refractivity contribution in [2.75, 3.05) is 0 Å². The predicted molar refractivity (Wildman–Crippen MR) is 81.4 cm³/mol. The van der Waals surface area contributed by atoms with Gasteiger partial charge >= 0.3 is 5.97 Å². The molecule has 1 atom stereocenters. The van der Waals surface area contributed by atoms with Gasteiger partial charge in [-0.2, -0.15) is 0 Å². The third kappa shape index (κ3) is 10.8. The topological polar surface area (TPSA) is 55.4 Å². The fourth-order valence-electron chi connectivity index (χ4n) is 1.83. The fourth-order valence-corrected chi connectivity index (χ4v) is 1.83. The van der Waals surface area contributed by atoms with Crippen LogP contribution in [0, 0.1) is 0 Å². The van der Waals surface area contributed by atoms with Crippen molar-refractivity contribution in [3.05, 3.63) is 0 Å². The Kier molecular flexibility index (Phi) is 9.26. The van der Waals surface area contributed by atoms with Gasteiger partial charge in [-0.15, -0.1) is 0 Å². The normalized spacial score (nSPS) is 12.8. The molecule has 1 N–H and O–H groups in total. The van der Waals surface area contributed by atoms with Crippen molar-refractivity contribution in [2.45, 2.75) is 91.2 Å². The van der Waals surface area contributed by atoms with E-state index in [0.29, 0.717) is 6.42 Å². The first kappa shape index (κ1) is 18.9. The van der Waals surface area contributed by atoms with Crippen molar-refractivity contribution >= 4 is 11.9 Å². The Morgan fingerprint density at radius 1 is 1.05 bits per heavy atom. The van der Waals surface area contributed by atoms with Crippen LogP contribution in [0.4, 0.5) is 0 Å². The van der Waals surface area contributed by atoms with Crippen molar-refractivity contribution in [1.82, 2.24) is 5.32 Å². The molecule has 0 aliphatic rings. The molecule has 0 aromatic heterocycles. The van der Waals surface area contributed by atoms with Crippen LogP contribution in [0.15, 0.2) is 0 Å². The van der Waals surface area contributed by atoms with Crippen LogP contribution in [0.5, 0.6) is 0 Å². The summed E-state index contributed by atoms with van der Waals surface area (Å²) in [6, 6.07) is -0.582. The number of amides is 1. The van der Waals surface area contributed by atoms with E-state index in [0.717, 1.165) is 12.8 Å². The molecule has 0 spiro atoms. The van der Waals surface area contributed by atoms with E-state index < -0.39 is 11.6 Å². The molecule has 20 heavy (non-hydrogen) atoms. The summed E-state index contributed by atoms with van der Waals surface area (Å²) in [6.45, 7) is 9.29. The van der Waals surface area contributed by atoms with Crippen LogP contribution >= 0.6 is 0 Å². The summed E-state index contributed by atoms with van der Waals surface area (Å²) >= 11 is 0. The van der Waals surface area contributed by atoms with Gasteiger partial charge in [0.05, 0.1) is 0 Å². The highest BCUT2D eigenvalue weighted by Gasteiger charge is 2.22. The lowest BCUT2D eigenvalue weighted by Crippen LogP contribution is -2.42. The molecule has 0 aliphatic heterocycles. The summed E-state index contributed by atoms with van der Waals surface area (Å²) in [6.07, 6.45) is 7.37. The molecular weight excluding hydrogens is 254 g/mol. The van der Waals surface area contributed by atoms with E-state index in [9.17, 15) is 9.59 Å². The zero-order chi connectivity index (χ0) is 15.6. The van der Waals surface area contributed by atoms with Gasteiger partial charge in [-0.25, -0.2) is 4.79 Å². The molecule has 0 aliphatic carbocycles. The average molecular weight is 285 g/mol. The van der Waals surface area contributed by atoms with Gasteiger partial charge in [0.1, 0.15) is 11.6 Å². The Bertz CT molecular complexity index is 295. The van der Waals surface area contributed by atoms with Gasteiger partial charge in [0.2, 0.25) is 5.91 Å². The van der Waals surface area contributed by atoms with Crippen LogP contribution in [-0.2, 0) is 14.3 Å². The maximum absolute atomic E-state index is 11.7. The standard InChI is InChI=1S/C16H31NO3/c1-6-7-8-9-10-11-12-14(18)17-13(2)15(19)20-16(3,4)5/h13H,6-12H2,1-5H3,(H,17,18)/t13-/m1/s1. The number of carbonyl (C=O) groups excluding carboxylic acids is 2. The lowest BCUT2D eigenvalue weighted by molar-refractivity contribution is -0.158. The SMILES string of the molecule is CCCCCCCCC(=O)N[C@H](C)C(=O)OC(C)(C)C. The van der Waals surface area contributed by atoms with E-state index >= 15 is 0 Å². The molecule has 4 nitrogen and oxygen atoms in total. The van der Waals surface area contributed by atoms with E-state index in [-0.39, 0.29) is 11.9 Å². The van der Waals surface area contributed by atoms with Crippen molar-refractivity contribution < 1.29 is 14.3 Å². The first-order valence-electron chi connectivity index (χ1n) is 7.78. The number of esters is 1. The molecule has 0 aromatic rings. The molecular formula is C16H31NO3. The Labute approximate surface area is 123 Å². The third-order valence-electron chi connectivity index (χ3n) is 2.90. The highest BCUT2D eigenvalue weighted by atomic mass is 16.6. The minimum absolute atomic E-state index is 0.0705. The Hall–Kier alpha value is -1.06. The lowest BCUT2D eigenvalue weighted by atomic mass is 10.1. The minimum Gasteiger partial charge on any atom is -0.458 e. The predicted octanol–water partition coefficient (Wildman–Crippen LogP) is 3.58. The summed E-state index contributed by atoms with van der Waals surface area (Å²) in [5.74, 6) is -0.451. The van der Waals surface area contributed by atoms with Gasteiger partial charge in [-0.1, -0.05) is 39.0 Å². The zero-order valence-electron chi connectivity index (χ0n) is 13.8. The average Bonchev–Trinajstić information content (AvgIpc) is 2.31. The monoisotopic (exact) mass is 285 g/mol. The molecule has 0 saturated heterocycles. The van der Waals surface area contributed by atoms with Crippen LogP contribution in [0.2, 0.25) is 0 Å². The maximum atomic E-state index is 11.7. The van der Waals surface area contributed by atoms with Gasteiger partial charge in [-0.3, -0.25) is 4.79 Å². The maximum Gasteiger partial charge on any atom is 0.328 e.